The van der Waals surface area contributed by atoms with Gasteiger partial charge in [0.2, 0.25) is 0 Å². The number of anilines is 1. The third-order valence-electron chi connectivity index (χ3n) is 5.97. The second kappa shape index (κ2) is 6.73. The Hall–Kier alpha value is -2.24. The van der Waals surface area contributed by atoms with Crippen molar-refractivity contribution in [3.63, 3.8) is 0 Å². The Bertz CT molecular complexity index is 938. The lowest BCUT2D eigenvalue weighted by molar-refractivity contribution is 0.307. The van der Waals surface area contributed by atoms with Crippen molar-refractivity contribution >= 4 is 17.0 Å². The first-order valence-corrected chi connectivity index (χ1v) is 10.5. The highest BCUT2D eigenvalue weighted by Gasteiger charge is 2.48. The Morgan fingerprint density at radius 3 is 2.78 bits per heavy atom. The van der Waals surface area contributed by atoms with Crippen LogP contribution < -0.4 is 4.90 Å². The molecule has 1 saturated heterocycles. The van der Waals surface area contributed by atoms with E-state index in [1.807, 2.05) is 29.8 Å². The quantitative estimate of drug-likeness (QED) is 0.689. The van der Waals surface area contributed by atoms with Gasteiger partial charge in [0, 0.05) is 42.3 Å². The van der Waals surface area contributed by atoms with E-state index in [1.54, 1.807) is 0 Å². The lowest BCUT2D eigenvalue weighted by Gasteiger charge is -2.25. The van der Waals surface area contributed by atoms with Gasteiger partial charge in [0.15, 0.2) is 0 Å². The van der Waals surface area contributed by atoms with Crippen LogP contribution in [0, 0.1) is 6.92 Å². The van der Waals surface area contributed by atoms with E-state index < -0.39 is 0 Å². The van der Waals surface area contributed by atoms with E-state index in [1.165, 1.54) is 28.2 Å². The van der Waals surface area contributed by atoms with E-state index in [2.05, 4.69) is 57.4 Å². The van der Waals surface area contributed by atoms with Crippen LogP contribution in [0.5, 0.6) is 0 Å². The third kappa shape index (κ3) is 3.05. The van der Waals surface area contributed by atoms with E-state index in [0.29, 0.717) is 0 Å². The number of hydrogen-bond donors (Lipinski definition) is 0. The normalized spacial score (nSPS) is 21.9. The second-order valence-electron chi connectivity index (χ2n) is 7.82. The van der Waals surface area contributed by atoms with E-state index in [4.69, 9.17) is 4.98 Å². The summed E-state index contributed by atoms with van der Waals surface area (Å²) in [6, 6.07) is 12.7. The van der Waals surface area contributed by atoms with Crippen molar-refractivity contribution in [3.05, 3.63) is 76.0 Å². The first-order chi connectivity index (χ1) is 13.2. The van der Waals surface area contributed by atoms with Crippen molar-refractivity contribution in [2.75, 3.05) is 24.5 Å². The average molecular weight is 377 g/mol. The molecule has 1 fully saturated rings. The van der Waals surface area contributed by atoms with Crippen LogP contribution >= 0.6 is 11.3 Å². The van der Waals surface area contributed by atoms with Crippen molar-refractivity contribution in [1.29, 1.82) is 0 Å². The largest absolute Gasteiger partial charge is 0.363 e. The number of pyridine rings is 2. The van der Waals surface area contributed by atoms with Crippen LogP contribution in [0.3, 0.4) is 0 Å². The molecule has 3 aromatic heterocycles. The molecule has 0 saturated carbocycles. The number of aryl methyl sites for hydroxylation is 1. The van der Waals surface area contributed by atoms with E-state index >= 15 is 0 Å². The van der Waals surface area contributed by atoms with Crippen LogP contribution in [-0.4, -0.2) is 34.5 Å². The Balaban J connectivity index is 1.39. The van der Waals surface area contributed by atoms with Gasteiger partial charge in [-0.05, 0) is 61.2 Å². The van der Waals surface area contributed by atoms with Crippen molar-refractivity contribution in [3.8, 4) is 0 Å². The van der Waals surface area contributed by atoms with Crippen LogP contribution in [-0.2, 0) is 18.5 Å². The zero-order valence-corrected chi connectivity index (χ0v) is 16.5. The lowest BCUT2D eigenvalue weighted by Crippen LogP contribution is -2.36. The molecule has 138 valence electrons. The van der Waals surface area contributed by atoms with Crippen LogP contribution in [0.4, 0.5) is 5.69 Å². The molecule has 5 rings (SSSR count). The predicted molar refractivity (Wildman–Crippen MR) is 110 cm³/mol. The van der Waals surface area contributed by atoms with E-state index in [0.717, 1.165) is 38.4 Å². The molecule has 0 radical (unpaired) electrons. The number of rotatable bonds is 4. The summed E-state index contributed by atoms with van der Waals surface area (Å²) in [7, 11) is 0. The van der Waals surface area contributed by atoms with Gasteiger partial charge in [0.1, 0.15) is 0 Å². The molecule has 27 heavy (non-hydrogen) atoms. The Morgan fingerprint density at radius 1 is 1.04 bits per heavy atom. The monoisotopic (exact) mass is 376 g/mol. The molecule has 2 aliphatic heterocycles. The van der Waals surface area contributed by atoms with Crippen LogP contribution in [0.2, 0.25) is 0 Å². The molecule has 5 heteroatoms. The minimum absolute atomic E-state index is 0.149. The van der Waals surface area contributed by atoms with Gasteiger partial charge in [-0.3, -0.25) is 14.9 Å². The molecular formula is C22H24N4S. The number of hydrogen-bond acceptors (Lipinski definition) is 5. The standard InChI is InChI=1S/C22H24N4S/c1-17-7-12-27-20(17)14-25-11-8-22(15-25)16-26(13-18-5-2-3-9-23-18)19-6-4-10-24-21(19)22/h2-7,9-10,12H,8,11,13-16H2,1H3. The zero-order chi connectivity index (χ0) is 18.3. The highest BCUT2D eigenvalue weighted by molar-refractivity contribution is 7.10. The van der Waals surface area contributed by atoms with Gasteiger partial charge in [0.05, 0.1) is 23.6 Å². The van der Waals surface area contributed by atoms with Crippen molar-refractivity contribution in [2.24, 2.45) is 0 Å². The van der Waals surface area contributed by atoms with Gasteiger partial charge in [0.25, 0.3) is 0 Å². The molecule has 0 N–H and O–H groups in total. The topological polar surface area (TPSA) is 32.3 Å². The van der Waals surface area contributed by atoms with Gasteiger partial charge in [-0.2, -0.15) is 0 Å². The first kappa shape index (κ1) is 16.9. The number of fused-ring (bicyclic) bond motifs is 2. The zero-order valence-electron chi connectivity index (χ0n) is 15.6. The second-order valence-corrected chi connectivity index (χ2v) is 8.82. The fourth-order valence-electron chi connectivity index (χ4n) is 4.60. The summed E-state index contributed by atoms with van der Waals surface area (Å²) < 4.78 is 0. The van der Waals surface area contributed by atoms with Crippen molar-refractivity contribution < 1.29 is 0 Å². The van der Waals surface area contributed by atoms with Gasteiger partial charge >= 0.3 is 0 Å². The fourth-order valence-corrected chi connectivity index (χ4v) is 5.55. The van der Waals surface area contributed by atoms with Gasteiger partial charge in [-0.15, -0.1) is 11.3 Å². The van der Waals surface area contributed by atoms with E-state index in [-0.39, 0.29) is 5.41 Å². The van der Waals surface area contributed by atoms with Crippen LogP contribution in [0.1, 0.15) is 28.2 Å². The molecule has 1 atom stereocenters. The number of aromatic nitrogens is 2. The Labute approximate surface area is 164 Å². The summed E-state index contributed by atoms with van der Waals surface area (Å²) in [5.74, 6) is 0. The van der Waals surface area contributed by atoms with Gasteiger partial charge < -0.3 is 4.90 Å². The molecule has 2 aliphatic rings. The average Bonchev–Trinajstić information content (AvgIpc) is 3.37. The number of likely N-dealkylation sites (tertiary alicyclic amines) is 1. The maximum absolute atomic E-state index is 4.85. The van der Waals surface area contributed by atoms with Gasteiger partial charge in [-0.1, -0.05) is 6.07 Å². The molecule has 0 aliphatic carbocycles. The number of thiophene rings is 1. The Morgan fingerprint density at radius 2 is 1.96 bits per heavy atom. The Kier molecular flexibility index (Phi) is 4.21. The van der Waals surface area contributed by atoms with Gasteiger partial charge in [-0.25, -0.2) is 0 Å². The predicted octanol–water partition coefficient (Wildman–Crippen LogP) is 4.01. The minimum atomic E-state index is 0.149. The molecule has 0 bridgehead atoms. The fraction of sp³-hybridized carbons (Fsp3) is 0.364. The highest BCUT2D eigenvalue weighted by atomic mass is 32.1. The first-order valence-electron chi connectivity index (χ1n) is 9.59. The SMILES string of the molecule is Cc1ccsc1CN1CCC2(C1)CN(Cc1ccccn1)c1cccnc12. The summed E-state index contributed by atoms with van der Waals surface area (Å²) in [6.07, 6.45) is 5.02. The van der Waals surface area contributed by atoms with Crippen molar-refractivity contribution in [1.82, 2.24) is 14.9 Å². The van der Waals surface area contributed by atoms with Crippen molar-refractivity contribution in [2.45, 2.75) is 31.8 Å². The molecule has 4 nitrogen and oxygen atoms in total. The van der Waals surface area contributed by atoms with E-state index in [9.17, 15) is 0 Å². The van der Waals surface area contributed by atoms with Crippen LogP contribution in [0.25, 0.3) is 0 Å². The smallest absolute Gasteiger partial charge is 0.0729 e. The minimum Gasteiger partial charge on any atom is -0.363 e. The summed E-state index contributed by atoms with van der Waals surface area (Å²) >= 11 is 1.88. The molecule has 0 aromatic carbocycles. The third-order valence-corrected chi connectivity index (χ3v) is 6.98. The maximum atomic E-state index is 4.85. The molecule has 5 heterocycles. The van der Waals surface area contributed by atoms with Crippen LogP contribution in [0.15, 0.2) is 54.2 Å². The molecule has 0 amide bonds. The molecule has 1 spiro atoms. The summed E-state index contributed by atoms with van der Waals surface area (Å²) in [5, 5.41) is 2.21. The lowest BCUT2D eigenvalue weighted by atomic mass is 9.85. The molecule has 1 unspecified atom stereocenters. The maximum Gasteiger partial charge on any atom is 0.0729 e. The molecular weight excluding hydrogens is 352 g/mol. The highest BCUT2D eigenvalue weighted by Crippen LogP contribution is 2.45. The summed E-state index contributed by atoms with van der Waals surface area (Å²) in [6.45, 7) is 7.41. The summed E-state index contributed by atoms with van der Waals surface area (Å²) in [4.78, 5) is 16.0. The number of nitrogens with zero attached hydrogens (tertiary/aromatic N) is 4. The molecule has 3 aromatic rings. The summed E-state index contributed by atoms with van der Waals surface area (Å²) in [5.41, 5.74) is 5.26.